The molecule has 0 radical (unpaired) electrons. The van der Waals surface area contributed by atoms with Gasteiger partial charge in [-0.2, -0.15) is 0 Å². The standard InChI is InChI=1S/C13H10ClNO3S2/c1-7(12(17)18)15-11(16)10(20-13(15)19)6-8-2-4-9(14)5-3-8/h2-7H,1H3,(H,17,18)/b10-6+/t7-/m1/s1. The summed E-state index contributed by atoms with van der Waals surface area (Å²) >= 11 is 12.0. The Morgan fingerprint density at radius 1 is 1.45 bits per heavy atom. The Bertz CT molecular complexity index is 613. The number of aliphatic carboxylic acids is 1. The Hall–Kier alpha value is -1.37. The molecule has 2 rings (SSSR count). The summed E-state index contributed by atoms with van der Waals surface area (Å²) in [5.74, 6) is -1.47. The van der Waals surface area contributed by atoms with E-state index in [0.29, 0.717) is 9.93 Å². The summed E-state index contributed by atoms with van der Waals surface area (Å²) in [6.45, 7) is 1.43. The van der Waals surface area contributed by atoms with E-state index in [1.807, 2.05) is 0 Å². The van der Waals surface area contributed by atoms with Crippen molar-refractivity contribution in [1.29, 1.82) is 0 Å². The van der Waals surface area contributed by atoms with E-state index in [9.17, 15) is 9.59 Å². The fraction of sp³-hybridized carbons (Fsp3) is 0.154. The summed E-state index contributed by atoms with van der Waals surface area (Å²) in [6.07, 6.45) is 1.67. The molecule has 1 aromatic rings. The van der Waals surface area contributed by atoms with Gasteiger partial charge in [0, 0.05) is 5.02 Å². The highest BCUT2D eigenvalue weighted by Crippen LogP contribution is 2.34. The molecule has 0 unspecified atom stereocenters. The third-order valence-electron chi connectivity index (χ3n) is 2.74. The number of carbonyl (C=O) groups excluding carboxylic acids is 1. The smallest absolute Gasteiger partial charge is 0.326 e. The van der Waals surface area contributed by atoms with Crippen LogP contribution in [0, 0.1) is 0 Å². The molecular weight excluding hydrogens is 318 g/mol. The van der Waals surface area contributed by atoms with Crippen LogP contribution in [0.4, 0.5) is 0 Å². The number of amides is 1. The van der Waals surface area contributed by atoms with Crippen LogP contribution >= 0.6 is 35.6 Å². The number of hydrogen-bond acceptors (Lipinski definition) is 4. The van der Waals surface area contributed by atoms with Crippen molar-refractivity contribution in [2.45, 2.75) is 13.0 Å². The van der Waals surface area contributed by atoms with Crippen LogP contribution in [0.3, 0.4) is 0 Å². The molecule has 0 aliphatic carbocycles. The number of benzene rings is 1. The molecule has 1 aliphatic rings. The van der Waals surface area contributed by atoms with Crippen molar-refractivity contribution in [3.63, 3.8) is 0 Å². The fourth-order valence-corrected chi connectivity index (χ4v) is 3.18. The molecule has 1 saturated heterocycles. The van der Waals surface area contributed by atoms with Crippen molar-refractivity contribution in [2.24, 2.45) is 0 Å². The van der Waals surface area contributed by atoms with Crippen LogP contribution in [0.15, 0.2) is 29.2 Å². The van der Waals surface area contributed by atoms with Crippen LogP contribution in [0.1, 0.15) is 12.5 Å². The van der Waals surface area contributed by atoms with Crippen molar-refractivity contribution in [1.82, 2.24) is 4.90 Å². The Kier molecular flexibility index (Phi) is 4.47. The summed E-state index contributed by atoms with van der Waals surface area (Å²) in [5, 5.41) is 9.59. The average molecular weight is 328 g/mol. The van der Waals surface area contributed by atoms with Crippen molar-refractivity contribution < 1.29 is 14.7 Å². The van der Waals surface area contributed by atoms with E-state index in [1.165, 1.54) is 6.92 Å². The number of hydrogen-bond donors (Lipinski definition) is 1. The van der Waals surface area contributed by atoms with Gasteiger partial charge in [-0.1, -0.05) is 47.7 Å². The molecule has 0 spiro atoms. The lowest BCUT2D eigenvalue weighted by Gasteiger charge is -2.18. The first-order valence-corrected chi connectivity index (χ1v) is 7.26. The van der Waals surface area contributed by atoms with Crippen LogP contribution in [-0.4, -0.2) is 32.2 Å². The molecule has 0 saturated carbocycles. The zero-order valence-electron chi connectivity index (χ0n) is 10.4. The highest BCUT2D eigenvalue weighted by atomic mass is 35.5. The lowest BCUT2D eigenvalue weighted by molar-refractivity contribution is -0.144. The summed E-state index contributed by atoms with van der Waals surface area (Å²) in [4.78, 5) is 24.7. The second-order valence-electron chi connectivity index (χ2n) is 4.12. The maximum absolute atomic E-state index is 12.2. The minimum atomic E-state index is -1.09. The molecule has 0 bridgehead atoms. The van der Waals surface area contributed by atoms with Gasteiger partial charge in [-0.05, 0) is 30.7 Å². The Morgan fingerprint density at radius 2 is 2.05 bits per heavy atom. The van der Waals surface area contributed by atoms with Crippen molar-refractivity contribution >= 4 is 57.9 Å². The highest BCUT2D eigenvalue weighted by molar-refractivity contribution is 8.26. The first kappa shape index (κ1) is 15.0. The zero-order chi connectivity index (χ0) is 14.9. The van der Waals surface area contributed by atoms with Gasteiger partial charge in [0.25, 0.3) is 5.91 Å². The number of carboxylic acids is 1. The van der Waals surface area contributed by atoms with Gasteiger partial charge in [0.1, 0.15) is 10.4 Å². The highest BCUT2D eigenvalue weighted by Gasteiger charge is 2.38. The van der Waals surface area contributed by atoms with Crippen LogP contribution < -0.4 is 0 Å². The second-order valence-corrected chi connectivity index (χ2v) is 6.23. The van der Waals surface area contributed by atoms with Crippen LogP contribution in [-0.2, 0) is 9.59 Å². The number of nitrogens with zero attached hydrogens (tertiary/aromatic N) is 1. The van der Waals surface area contributed by atoms with Gasteiger partial charge >= 0.3 is 5.97 Å². The number of carbonyl (C=O) groups is 2. The predicted molar refractivity (Wildman–Crippen MR) is 83.6 cm³/mol. The van der Waals surface area contributed by atoms with Crippen LogP contribution in [0.5, 0.6) is 0 Å². The van der Waals surface area contributed by atoms with E-state index in [1.54, 1.807) is 30.3 Å². The summed E-state index contributed by atoms with van der Waals surface area (Å²) in [7, 11) is 0. The van der Waals surface area contributed by atoms with Gasteiger partial charge in [-0.3, -0.25) is 9.69 Å². The van der Waals surface area contributed by atoms with E-state index < -0.39 is 12.0 Å². The van der Waals surface area contributed by atoms with E-state index >= 15 is 0 Å². The molecule has 104 valence electrons. The normalized spacial score (nSPS) is 18.7. The number of rotatable bonds is 3. The minimum Gasteiger partial charge on any atom is -0.480 e. The molecule has 1 fully saturated rings. The van der Waals surface area contributed by atoms with E-state index in [4.69, 9.17) is 28.9 Å². The molecule has 7 heteroatoms. The SMILES string of the molecule is C[C@H](C(=O)O)N1C(=O)/C(=C\c2ccc(Cl)cc2)SC1=S. The monoisotopic (exact) mass is 327 g/mol. The van der Waals surface area contributed by atoms with Gasteiger partial charge in [0.15, 0.2) is 0 Å². The van der Waals surface area contributed by atoms with Crippen molar-refractivity contribution in [2.75, 3.05) is 0 Å². The van der Waals surface area contributed by atoms with Gasteiger partial charge in [0.05, 0.1) is 4.91 Å². The predicted octanol–water partition coefficient (Wildman–Crippen LogP) is 3.01. The first-order chi connectivity index (χ1) is 9.40. The second kappa shape index (κ2) is 5.95. The fourth-order valence-electron chi connectivity index (χ4n) is 1.63. The van der Waals surface area contributed by atoms with Crippen LogP contribution in [0.2, 0.25) is 5.02 Å². The van der Waals surface area contributed by atoms with Crippen molar-refractivity contribution in [3.05, 3.63) is 39.8 Å². The molecule has 0 aromatic heterocycles. The molecule has 20 heavy (non-hydrogen) atoms. The third kappa shape index (κ3) is 3.03. The summed E-state index contributed by atoms with van der Waals surface area (Å²) in [6, 6.07) is 6.01. The largest absolute Gasteiger partial charge is 0.480 e. The molecule has 1 aliphatic heterocycles. The Labute approximate surface area is 130 Å². The maximum Gasteiger partial charge on any atom is 0.326 e. The Balaban J connectivity index is 2.28. The van der Waals surface area contributed by atoms with Crippen LogP contribution in [0.25, 0.3) is 6.08 Å². The van der Waals surface area contributed by atoms with E-state index in [-0.39, 0.29) is 10.2 Å². The third-order valence-corrected chi connectivity index (χ3v) is 4.32. The van der Waals surface area contributed by atoms with Gasteiger partial charge in [-0.15, -0.1) is 0 Å². The number of thioether (sulfide) groups is 1. The van der Waals surface area contributed by atoms with E-state index in [0.717, 1.165) is 22.2 Å². The number of carboxylic acid groups (broad SMARTS) is 1. The molecule has 1 aromatic carbocycles. The lowest BCUT2D eigenvalue weighted by atomic mass is 10.2. The molecule has 1 amide bonds. The molecule has 1 atom stereocenters. The maximum atomic E-state index is 12.2. The summed E-state index contributed by atoms with van der Waals surface area (Å²) in [5.41, 5.74) is 0.804. The number of halogens is 1. The molecular formula is C13H10ClNO3S2. The topological polar surface area (TPSA) is 57.6 Å². The van der Waals surface area contributed by atoms with E-state index in [2.05, 4.69) is 0 Å². The molecule has 1 N–H and O–H groups in total. The molecule has 4 nitrogen and oxygen atoms in total. The van der Waals surface area contributed by atoms with Gasteiger partial charge in [0.2, 0.25) is 0 Å². The molecule has 1 heterocycles. The quantitative estimate of drug-likeness (QED) is 0.683. The van der Waals surface area contributed by atoms with Crippen molar-refractivity contribution in [3.8, 4) is 0 Å². The van der Waals surface area contributed by atoms with Gasteiger partial charge < -0.3 is 5.11 Å². The zero-order valence-corrected chi connectivity index (χ0v) is 12.8. The average Bonchev–Trinajstić information content (AvgIpc) is 2.66. The van der Waals surface area contributed by atoms with Gasteiger partial charge in [-0.25, -0.2) is 4.79 Å². The Morgan fingerprint density at radius 3 is 2.60 bits per heavy atom. The number of thiocarbonyl (C=S) groups is 1. The minimum absolute atomic E-state index is 0.255. The first-order valence-electron chi connectivity index (χ1n) is 5.65. The summed E-state index contributed by atoms with van der Waals surface area (Å²) < 4.78 is 0.255. The lowest BCUT2D eigenvalue weighted by Crippen LogP contribution is -2.41.